The molecule has 2 fully saturated rings. The first kappa shape index (κ1) is 22.0. The van der Waals surface area contributed by atoms with Gasteiger partial charge in [-0.1, -0.05) is 18.7 Å². The van der Waals surface area contributed by atoms with Crippen molar-refractivity contribution >= 4 is 35.8 Å². The maximum Gasteiger partial charge on any atom is 0.257 e. The van der Waals surface area contributed by atoms with Crippen molar-refractivity contribution in [2.45, 2.75) is 19.8 Å². The van der Waals surface area contributed by atoms with Gasteiger partial charge in [0.25, 0.3) is 5.91 Å². The summed E-state index contributed by atoms with van der Waals surface area (Å²) < 4.78 is 5.29. The second-order valence-corrected chi connectivity index (χ2v) is 9.10. The maximum absolute atomic E-state index is 12.9. The first-order chi connectivity index (χ1) is 16.5. The minimum Gasteiger partial charge on any atom is -0.444 e. The van der Waals surface area contributed by atoms with Crippen LogP contribution in [0.25, 0.3) is 18.2 Å². The summed E-state index contributed by atoms with van der Waals surface area (Å²) in [5, 5.41) is 7.88. The number of aromatic nitrogens is 3. The lowest BCUT2D eigenvalue weighted by atomic mass is 9.73. The molecule has 0 saturated carbocycles. The molecule has 34 heavy (non-hydrogen) atoms. The number of nitrogens with one attached hydrogen (secondary N) is 2. The van der Waals surface area contributed by atoms with Crippen LogP contribution in [0.2, 0.25) is 0 Å². The van der Waals surface area contributed by atoms with Crippen LogP contribution in [-0.4, -0.2) is 47.0 Å². The Morgan fingerprint density at radius 3 is 2.74 bits per heavy atom. The highest BCUT2D eigenvalue weighted by Crippen LogP contribution is 2.36. The molecule has 2 aliphatic heterocycles. The number of hydrogen-bond acceptors (Lipinski definition) is 7. The van der Waals surface area contributed by atoms with Gasteiger partial charge in [0, 0.05) is 44.1 Å². The van der Waals surface area contributed by atoms with Gasteiger partial charge >= 0.3 is 0 Å². The van der Waals surface area contributed by atoms with Gasteiger partial charge in [0.15, 0.2) is 6.39 Å². The van der Waals surface area contributed by atoms with E-state index in [2.05, 4.69) is 37.1 Å². The summed E-state index contributed by atoms with van der Waals surface area (Å²) in [6.45, 7) is 10.2. The molecule has 2 saturated heterocycles. The molecule has 8 nitrogen and oxygen atoms in total. The van der Waals surface area contributed by atoms with E-state index in [1.165, 1.54) is 6.39 Å². The van der Waals surface area contributed by atoms with Crippen LogP contribution in [-0.2, 0) is 0 Å². The Morgan fingerprint density at radius 1 is 1.24 bits per heavy atom. The van der Waals surface area contributed by atoms with Crippen LogP contribution >= 0.6 is 0 Å². The molecule has 174 valence electrons. The summed E-state index contributed by atoms with van der Waals surface area (Å²) >= 11 is 0. The number of carbonyl (C=O) groups is 1. The molecular weight excluding hydrogens is 428 g/mol. The molecule has 3 aromatic heterocycles. The molecule has 2 aliphatic rings. The van der Waals surface area contributed by atoms with Crippen molar-refractivity contribution in [2.24, 2.45) is 5.41 Å². The Balaban J connectivity index is 1.26. The second-order valence-electron chi connectivity index (χ2n) is 9.10. The number of carbonyl (C=O) groups excluding carboxylic acids is 1. The van der Waals surface area contributed by atoms with Crippen molar-refractivity contribution in [2.75, 3.05) is 36.4 Å². The Morgan fingerprint density at radius 2 is 2.06 bits per heavy atom. The fourth-order valence-electron chi connectivity index (χ4n) is 4.40. The van der Waals surface area contributed by atoms with E-state index < -0.39 is 0 Å². The summed E-state index contributed by atoms with van der Waals surface area (Å²) in [6.07, 6.45) is 12.6. The Labute approximate surface area is 198 Å². The zero-order valence-corrected chi connectivity index (χ0v) is 19.3. The average molecular weight is 457 g/mol. The Kier molecular flexibility index (Phi) is 5.98. The zero-order valence-electron chi connectivity index (χ0n) is 19.3. The molecular formula is C26H28N6O2. The van der Waals surface area contributed by atoms with E-state index in [0.29, 0.717) is 22.6 Å². The van der Waals surface area contributed by atoms with E-state index in [0.717, 1.165) is 60.8 Å². The van der Waals surface area contributed by atoms with Gasteiger partial charge in [-0.25, -0.2) is 15.0 Å². The van der Waals surface area contributed by atoms with Gasteiger partial charge < -0.3 is 20.0 Å². The number of amides is 1. The van der Waals surface area contributed by atoms with E-state index in [1.807, 2.05) is 25.1 Å². The summed E-state index contributed by atoms with van der Waals surface area (Å²) in [7, 11) is 0. The molecule has 0 atom stereocenters. The summed E-state index contributed by atoms with van der Waals surface area (Å²) in [4.78, 5) is 28.0. The van der Waals surface area contributed by atoms with Crippen LogP contribution in [0.1, 0.15) is 35.9 Å². The number of piperidine rings is 1. The van der Waals surface area contributed by atoms with Crippen molar-refractivity contribution in [1.29, 1.82) is 0 Å². The molecule has 1 amide bonds. The summed E-state index contributed by atoms with van der Waals surface area (Å²) in [5.74, 6) is 1.79. The number of anilines is 2. The fourth-order valence-corrected chi connectivity index (χ4v) is 4.40. The predicted molar refractivity (Wildman–Crippen MR) is 133 cm³/mol. The lowest BCUT2D eigenvalue weighted by molar-refractivity contribution is 0.102. The number of rotatable bonds is 5. The maximum atomic E-state index is 12.9. The smallest absolute Gasteiger partial charge is 0.257 e. The van der Waals surface area contributed by atoms with Gasteiger partial charge in [0.2, 0.25) is 0 Å². The standard InChI is InChI=1S/C26H28N6O2/c1-18(22-14-27-17-34-22)3-4-21-13-30-23(11-19(21)2)31-25(33)20-5-8-29-24(12-20)32-9-6-26(7-10-32)15-28-16-26/h3-5,8,11-14,17,28H,2,6-7,9-10,15-16H2,1H3,(H,31,33)/b18-3+,21-4-. The molecule has 0 unspecified atom stereocenters. The van der Waals surface area contributed by atoms with Gasteiger partial charge in [0.1, 0.15) is 17.4 Å². The summed E-state index contributed by atoms with van der Waals surface area (Å²) in [6, 6.07) is 5.35. The summed E-state index contributed by atoms with van der Waals surface area (Å²) in [5.41, 5.74) is 1.97. The van der Waals surface area contributed by atoms with Crippen LogP contribution in [0.15, 0.2) is 53.7 Å². The minimum atomic E-state index is -0.218. The third-order valence-corrected chi connectivity index (χ3v) is 6.76. The first-order valence-corrected chi connectivity index (χ1v) is 11.5. The highest BCUT2D eigenvalue weighted by molar-refractivity contribution is 6.04. The largest absolute Gasteiger partial charge is 0.444 e. The van der Waals surface area contributed by atoms with E-state index in [9.17, 15) is 4.79 Å². The van der Waals surface area contributed by atoms with E-state index in [4.69, 9.17) is 4.42 Å². The first-order valence-electron chi connectivity index (χ1n) is 11.5. The molecule has 3 aromatic rings. The quantitative estimate of drug-likeness (QED) is 0.608. The van der Waals surface area contributed by atoms with Gasteiger partial charge in [-0.2, -0.15) is 0 Å². The van der Waals surface area contributed by atoms with Gasteiger partial charge in [-0.3, -0.25) is 4.79 Å². The number of pyridine rings is 2. The van der Waals surface area contributed by atoms with Crippen molar-refractivity contribution in [3.8, 4) is 0 Å². The highest BCUT2D eigenvalue weighted by atomic mass is 16.3. The molecule has 0 aliphatic carbocycles. The molecule has 0 aromatic carbocycles. The normalized spacial score (nSPS) is 18.1. The molecule has 1 spiro atoms. The third kappa shape index (κ3) is 4.63. The zero-order chi connectivity index (χ0) is 23.5. The number of nitrogens with zero attached hydrogens (tertiary/aromatic N) is 4. The van der Waals surface area contributed by atoms with Crippen molar-refractivity contribution in [1.82, 2.24) is 20.3 Å². The van der Waals surface area contributed by atoms with Crippen molar-refractivity contribution < 1.29 is 9.21 Å². The van der Waals surface area contributed by atoms with E-state index >= 15 is 0 Å². The minimum absolute atomic E-state index is 0.218. The fraction of sp³-hybridized carbons (Fsp3) is 0.308. The van der Waals surface area contributed by atoms with Crippen LogP contribution in [0.4, 0.5) is 11.6 Å². The molecule has 8 heteroatoms. The second kappa shape index (κ2) is 9.23. The van der Waals surface area contributed by atoms with Crippen molar-refractivity contribution in [3.63, 3.8) is 0 Å². The number of oxazole rings is 1. The molecule has 5 heterocycles. The number of hydrogen-bond donors (Lipinski definition) is 2. The topological polar surface area (TPSA) is 96.2 Å². The van der Waals surface area contributed by atoms with Gasteiger partial charge in [-0.15, -0.1) is 0 Å². The highest BCUT2D eigenvalue weighted by Gasteiger charge is 2.39. The number of allylic oxidation sites excluding steroid dienone is 2. The molecule has 0 bridgehead atoms. The Hall–Kier alpha value is -3.78. The van der Waals surface area contributed by atoms with Crippen LogP contribution in [0.5, 0.6) is 0 Å². The monoisotopic (exact) mass is 456 g/mol. The molecule has 5 rings (SSSR count). The molecule has 0 radical (unpaired) electrons. The lowest BCUT2D eigenvalue weighted by Gasteiger charge is -2.48. The predicted octanol–water partition coefficient (Wildman–Crippen LogP) is 2.20. The van der Waals surface area contributed by atoms with Gasteiger partial charge in [0.05, 0.1) is 6.20 Å². The van der Waals surface area contributed by atoms with Crippen LogP contribution in [0.3, 0.4) is 0 Å². The van der Waals surface area contributed by atoms with Crippen LogP contribution in [0, 0.1) is 5.41 Å². The van der Waals surface area contributed by atoms with Gasteiger partial charge in [-0.05, 0) is 59.4 Å². The third-order valence-electron chi connectivity index (χ3n) is 6.76. The van der Waals surface area contributed by atoms with Crippen molar-refractivity contribution in [3.05, 3.63) is 71.0 Å². The molecule has 2 N–H and O–H groups in total. The van der Waals surface area contributed by atoms with E-state index in [-0.39, 0.29) is 5.91 Å². The Bertz CT molecular complexity index is 1320. The average Bonchev–Trinajstić information content (AvgIpc) is 3.38. The van der Waals surface area contributed by atoms with Crippen LogP contribution < -0.4 is 26.0 Å². The van der Waals surface area contributed by atoms with E-state index in [1.54, 1.807) is 30.7 Å². The SMILES string of the molecule is C=c1cc(NC(=O)c2ccnc(N3CCC4(CC3)CNC4)c2)nc/c1=C/C=C(\C)c1cnco1. The lowest BCUT2D eigenvalue weighted by Crippen LogP contribution is -2.58.